The molecule has 148 valence electrons. The summed E-state index contributed by atoms with van der Waals surface area (Å²) in [6.45, 7) is 0.431. The molecule has 4 aromatic rings. The summed E-state index contributed by atoms with van der Waals surface area (Å²) < 4.78 is 13.3. The van der Waals surface area contributed by atoms with E-state index in [4.69, 9.17) is 9.47 Å². The van der Waals surface area contributed by atoms with Gasteiger partial charge in [0.1, 0.15) is 17.7 Å². The van der Waals surface area contributed by atoms with Crippen molar-refractivity contribution in [3.63, 3.8) is 0 Å². The molecule has 0 aliphatic heterocycles. The fourth-order valence-electron chi connectivity index (χ4n) is 2.99. The van der Waals surface area contributed by atoms with Gasteiger partial charge in [0, 0.05) is 0 Å². The van der Waals surface area contributed by atoms with Gasteiger partial charge in [-0.3, -0.25) is 0 Å². The maximum atomic E-state index is 9.71. The Morgan fingerprint density at radius 3 is 2.63 bits per heavy atom. The van der Waals surface area contributed by atoms with Crippen molar-refractivity contribution in [2.24, 2.45) is 0 Å². The normalized spacial score (nSPS) is 11.3. The average molecular weight is 477 g/mol. The fraction of sp³-hybridized carbons (Fsp3) is 0.0833. The largest absolute Gasteiger partial charge is 0.493 e. The highest BCUT2D eigenvalue weighted by atomic mass is 79.9. The molecule has 0 fully saturated rings. The molecule has 30 heavy (non-hydrogen) atoms. The van der Waals surface area contributed by atoms with Crippen molar-refractivity contribution >= 4 is 49.1 Å². The molecule has 0 unspecified atom stereocenters. The summed E-state index contributed by atoms with van der Waals surface area (Å²) in [6.07, 6.45) is 1.81. The van der Waals surface area contributed by atoms with Gasteiger partial charge in [0.25, 0.3) is 0 Å². The van der Waals surface area contributed by atoms with Crippen LogP contribution in [0.5, 0.6) is 11.5 Å². The summed E-state index contributed by atoms with van der Waals surface area (Å²) >= 11 is 5.08. The third-order valence-electron chi connectivity index (χ3n) is 4.43. The highest BCUT2D eigenvalue weighted by Gasteiger charge is 2.14. The molecule has 0 amide bonds. The van der Waals surface area contributed by atoms with E-state index >= 15 is 0 Å². The molecule has 0 aliphatic carbocycles. The summed E-state index contributed by atoms with van der Waals surface area (Å²) in [5.74, 6) is 1.21. The van der Waals surface area contributed by atoms with Crippen LogP contribution in [-0.4, -0.2) is 12.1 Å². The van der Waals surface area contributed by atoms with Gasteiger partial charge in [-0.25, -0.2) is 4.98 Å². The molecule has 0 radical (unpaired) electrons. The summed E-state index contributed by atoms with van der Waals surface area (Å²) in [5.41, 5.74) is 3.28. The number of para-hydroxylation sites is 1. The number of hydrogen-bond donors (Lipinski definition) is 0. The van der Waals surface area contributed by atoms with E-state index in [9.17, 15) is 5.26 Å². The van der Waals surface area contributed by atoms with Crippen molar-refractivity contribution < 1.29 is 9.47 Å². The van der Waals surface area contributed by atoms with Crippen LogP contribution in [0.4, 0.5) is 0 Å². The smallest absolute Gasteiger partial charge is 0.175 e. The number of methoxy groups -OCH3 is 1. The zero-order valence-corrected chi connectivity index (χ0v) is 18.5. The van der Waals surface area contributed by atoms with Gasteiger partial charge < -0.3 is 9.47 Å². The Hall–Kier alpha value is -3.14. The van der Waals surface area contributed by atoms with Crippen LogP contribution in [0.1, 0.15) is 16.1 Å². The number of nitrogens with zero attached hydrogens (tertiary/aromatic N) is 2. The van der Waals surface area contributed by atoms with Crippen molar-refractivity contribution in [1.29, 1.82) is 5.26 Å². The topological polar surface area (TPSA) is 55.1 Å². The molecule has 0 N–H and O–H groups in total. The highest BCUT2D eigenvalue weighted by molar-refractivity contribution is 9.10. The second-order valence-electron chi connectivity index (χ2n) is 6.46. The molecular weight excluding hydrogens is 460 g/mol. The molecule has 1 heterocycles. The molecule has 4 nitrogen and oxygen atoms in total. The maximum absolute atomic E-state index is 9.71. The summed E-state index contributed by atoms with van der Waals surface area (Å²) in [7, 11) is 1.60. The summed E-state index contributed by atoms with van der Waals surface area (Å²) in [5, 5.41) is 10.4. The number of benzene rings is 3. The number of hydrogen-bond acceptors (Lipinski definition) is 5. The zero-order valence-electron chi connectivity index (χ0n) is 16.1. The molecule has 0 spiro atoms. The van der Waals surface area contributed by atoms with Crippen LogP contribution in [0.3, 0.4) is 0 Å². The second kappa shape index (κ2) is 9.12. The molecule has 3 aromatic carbocycles. The number of nitriles is 1. The number of aromatic nitrogens is 1. The lowest BCUT2D eigenvalue weighted by Crippen LogP contribution is -1.99. The van der Waals surface area contributed by atoms with E-state index in [1.54, 1.807) is 7.11 Å². The molecule has 4 rings (SSSR count). The minimum absolute atomic E-state index is 0.431. The Morgan fingerprint density at radius 2 is 1.90 bits per heavy atom. The monoisotopic (exact) mass is 476 g/mol. The molecule has 0 saturated carbocycles. The van der Waals surface area contributed by atoms with E-state index in [0.717, 1.165) is 25.8 Å². The molecule has 0 aliphatic rings. The van der Waals surface area contributed by atoms with Crippen molar-refractivity contribution in [2.45, 2.75) is 6.61 Å². The number of thiazole rings is 1. The average Bonchev–Trinajstić information content (AvgIpc) is 3.21. The van der Waals surface area contributed by atoms with Gasteiger partial charge >= 0.3 is 0 Å². The number of allylic oxidation sites excluding steroid dienone is 1. The highest BCUT2D eigenvalue weighted by Crippen LogP contribution is 2.38. The Bertz CT molecular complexity index is 1230. The zero-order chi connectivity index (χ0) is 20.9. The van der Waals surface area contributed by atoms with Crippen molar-refractivity contribution in [1.82, 2.24) is 4.98 Å². The summed E-state index contributed by atoms with van der Waals surface area (Å²) in [4.78, 5) is 4.59. The van der Waals surface area contributed by atoms with Crippen LogP contribution in [-0.2, 0) is 6.61 Å². The van der Waals surface area contributed by atoms with Crippen molar-refractivity contribution in [3.05, 3.63) is 87.3 Å². The Labute approximate surface area is 187 Å². The second-order valence-corrected chi connectivity index (χ2v) is 8.35. The standard InChI is InChI=1S/C24H17BrN2O2S/c1-28-21-13-17(12-19(25)23(21)29-15-16-7-3-2-4-8-16)11-18(14-26)24-27-20-9-5-6-10-22(20)30-24/h2-13H,15H2,1H3/b18-11+. The van der Waals surface area contributed by atoms with Crippen LogP contribution in [0.2, 0.25) is 0 Å². The van der Waals surface area contributed by atoms with Crippen LogP contribution in [0, 0.1) is 11.3 Å². The Balaban J connectivity index is 1.65. The van der Waals surface area contributed by atoms with Crippen molar-refractivity contribution in [3.8, 4) is 17.6 Å². The number of halogens is 1. The van der Waals surface area contributed by atoms with Crippen LogP contribution in [0.15, 0.2) is 71.2 Å². The fourth-order valence-corrected chi connectivity index (χ4v) is 4.49. The van der Waals surface area contributed by atoms with Crippen LogP contribution in [0.25, 0.3) is 21.9 Å². The summed E-state index contributed by atoms with van der Waals surface area (Å²) in [6, 6.07) is 23.8. The first-order chi connectivity index (χ1) is 14.7. The third-order valence-corrected chi connectivity index (χ3v) is 6.09. The first-order valence-corrected chi connectivity index (χ1v) is 10.8. The van der Waals surface area contributed by atoms with E-state index < -0.39 is 0 Å². The minimum atomic E-state index is 0.431. The number of fused-ring (bicyclic) bond motifs is 1. The SMILES string of the molecule is COc1cc(/C=C(\C#N)c2nc3ccccc3s2)cc(Br)c1OCc1ccccc1. The van der Waals surface area contributed by atoms with E-state index in [-0.39, 0.29) is 0 Å². The predicted octanol–water partition coefficient (Wildman–Crippen LogP) is 6.71. The lowest BCUT2D eigenvalue weighted by Gasteiger charge is -2.14. The van der Waals surface area contributed by atoms with Gasteiger partial charge in [0.2, 0.25) is 0 Å². The van der Waals surface area contributed by atoms with Gasteiger partial charge in [-0.2, -0.15) is 5.26 Å². The minimum Gasteiger partial charge on any atom is -0.493 e. The lowest BCUT2D eigenvalue weighted by molar-refractivity contribution is 0.282. The number of ether oxygens (including phenoxy) is 2. The third kappa shape index (κ3) is 4.38. The van der Waals surface area contributed by atoms with E-state index in [1.807, 2.05) is 72.8 Å². The van der Waals surface area contributed by atoms with Crippen molar-refractivity contribution in [2.75, 3.05) is 7.11 Å². The first kappa shape index (κ1) is 20.1. The molecule has 6 heteroatoms. The quantitative estimate of drug-likeness (QED) is 0.290. The van der Waals surface area contributed by atoms with Gasteiger partial charge in [0.05, 0.1) is 27.4 Å². The van der Waals surface area contributed by atoms with Gasteiger partial charge in [-0.1, -0.05) is 42.5 Å². The molecule has 0 atom stereocenters. The van der Waals surface area contributed by atoms with E-state index in [0.29, 0.717) is 28.7 Å². The molecule has 0 bridgehead atoms. The van der Waals surface area contributed by atoms with Crippen LogP contribution < -0.4 is 9.47 Å². The maximum Gasteiger partial charge on any atom is 0.175 e. The lowest BCUT2D eigenvalue weighted by atomic mass is 10.1. The Kier molecular flexibility index (Phi) is 6.12. The van der Waals surface area contributed by atoms with Gasteiger partial charge in [-0.15, -0.1) is 11.3 Å². The first-order valence-electron chi connectivity index (χ1n) is 9.20. The Morgan fingerprint density at radius 1 is 1.13 bits per heavy atom. The molecular formula is C24H17BrN2O2S. The van der Waals surface area contributed by atoms with E-state index in [2.05, 4.69) is 27.0 Å². The van der Waals surface area contributed by atoms with Gasteiger partial charge in [0.15, 0.2) is 11.5 Å². The van der Waals surface area contributed by atoms with E-state index in [1.165, 1.54) is 11.3 Å². The van der Waals surface area contributed by atoms with Gasteiger partial charge in [-0.05, 0) is 57.4 Å². The number of rotatable bonds is 6. The molecule has 0 saturated heterocycles. The predicted molar refractivity (Wildman–Crippen MR) is 125 cm³/mol. The molecule has 1 aromatic heterocycles. The van der Waals surface area contributed by atoms with Crippen LogP contribution >= 0.6 is 27.3 Å².